The topological polar surface area (TPSA) is 35.2 Å². The van der Waals surface area contributed by atoms with Crippen LogP contribution in [0.5, 0.6) is 0 Å². The standard InChI is InChI=1S/C13H23NOS/c1-4-5-10(2)9-15-12(8-14)13-11(3)6-7-16-13/h6-7,10,12H,4-5,8-9,14H2,1-3H3. The molecule has 0 saturated carbocycles. The highest BCUT2D eigenvalue weighted by Crippen LogP contribution is 2.26. The summed E-state index contributed by atoms with van der Waals surface area (Å²) in [4.78, 5) is 1.28. The monoisotopic (exact) mass is 241 g/mol. The van der Waals surface area contributed by atoms with Crippen molar-refractivity contribution >= 4 is 11.3 Å². The highest BCUT2D eigenvalue weighted by molar-refractivity contribution is 7.10. The van der Waals surface area contributed by atoms with E-state index in [1.165, 1.54) is 23.3 Å². The van der Waals surface area contributed by atoms with Crippen molar-refractivity contribution in [2.75, 3.05) is 13.2 Å². The van der Waals surface area contributed by atoms with Gasteiger partial charge in [0, 0.05) is 11.4 Å². The highest BCUT2D eigenvalue weighted by atomic mass is 32.1. The van der Waals surface area contributed by atoms with Crippen LogP contribution < -0.4 is 5.73 Å². The largest absolute Gasteiger partial charge is 0.371 e. The third kappa shape index (κ3) is 3.89. The van der Waals surface area contributed by atoms with Gasteiger partial charge in [0.2, 0.25) is 0 Å². The van der Waals surface area contributed by atoms with Gasteiger partial charge >= 0.3 is 0 Å². The Hall–Kier alpha value is -0.380. The van der Waals surface area contributed by atoms with Crippen LogP contribution in [-0.4, -0.2) is 13.2 Å². The summed E-state index contributed by atoms with van der Waals surface area (Å²) in [7, 11) is 0. The van der Waals surface area contributed by atoms with Gasteiger partial charge in [-0.2, -0.15) is 0 Å². The zero-order valence-corrected chi connectivity index (χ0v) is 11.3. The fourth-order valence-corrected chi connectivity index (χ4v) is 2.81. The van der Waals surface area contributed by atoms with Crippen molar-refractivity contribution in [1.29, 1.82) is 0 Å². The highest BCUT2D eigenvalue weighted by Gasteiger charge is 2.15. The van der Waals surface area contributed by atoms with E-state index in [4.69, 9.17) is 10.5 Å². The molecular weight excluding hydrogens is 218 g/mol. The van der Waals surface area contributed by atoms with Gasteiger partial charge in [-0.05, 0) is 36.3 Å². The minimum absolute atomic E-state index is 0.0827. The van der Waals surface area contributed by atoms with E-state index in [1.807, 2.05) is 0 Å². The molecule has 0 spiro atoms. The number of rotatable bonds is 7. The van der Waals surface area contributed by atoms with E-state index in [9.17, 15) is 0 Å². The van der Waals surface area contributed by atoms with Crippen molar-refractivity contribution in [3.63, 3.8) is 0 Å². The maximum Gasteiger partial charge on any atom is 0.104 e. The third-order valence-electron chi connectivity index (χ3n) is 2.77. The smallest absolute Gasteiger partial charge is 0.104 e. The molecule has 0 fully saturated rings. The van der Waals surface area contributed by atoms with Gasteiger partial charge in [0.1, 0.15) is 6.10 Å². The SMILES string of the molecule is CCCC(C)COC(CN)c1sccc1C. The summed E-state index contributed by atoms with van der Waals surface area (Å²) in [6.45, 7) is 7.94. The average Bonchev–Trinajstić information content (AvgIpc) is 2.66. The third-order valence-corrected chi connectivity index (χ3v) is 3.88. The quantitative estimate of drug-likeness (QED) is 0.793. The molecule has 0 radical (unpaired) electrons. The van der Waals surface area contributed by atoms with Crippen LogP contribution in [0.1, 0.15) is 43.2 Å². The summed E-state index contributed by atoms with van der Waals surface area (Å²) in [5.41, 5.74) is 7.07. The molecule has 1 aromatic rings. The Morgan fingerprint density at radius 1 is 1.50 bits per heavy atom. The zero-order valence-electron chi connectivity index (χ0n) is 10.5. The van der Waals surface area contributed by atoms with Crippen LogP contribution >= 0.6 is 11.3 Å². The van der Waals surface area contributed by atoms with Crippen LogP contribution in [0.25, 0.3) is 0 Å². The van der Waals surface area contributed by atoms with Gasteiger partial charge in [0.25, 0.3) is 0 Å². The second-order valence-corrected chi connectivity index (χ2v) is 5.37. The van der Waals surface area contributed by atoms with Gasteiger partial charge in [-0.15, -0.1) is 11.3 Å². The van der Waals surface area contributed by atoms with E-state index in [0.29, 0.717) is 12.5 Å². The van der Waals surface area contributed by atoms with Gasteiger partial charge in [0.05, 0.1) is 6.61 Å². The Morgan fingerprint density at radius 3 is 2.75 bits per heavy atom. The van der Waals surface area contributed by atoms with Crippen LogP contribution in [0, 0.1) is 12.8 Å². The van der Waals surface area contributed by atoms with Crippen LogP contribution in [-0.2, 0) is 4.74 Å². The zero-order chi connectivity index (χ0) is 12.0. The normalized spacial score (nSPS) is 15.0. The molecule has 0 bridgehead atoms. The number of hydrogen-bond donors (Lipinski definition) is 1. The van der Waals surface area contributed by atoms with Gasteiger partial charge in [0.15, 0.2) is 0 Å². The molecule has 0 aliphatic carbocycles. The van der Waals surface area contributed by atoms with Crippen molar-refractivity contribution in [1.82, 2.24) is 0 Å². The lowest BCUT2D eigenvalue weighted by molar-refractivity contribution is 0.0369. The van der Waals surface area contributed by atoms with Gasteiger partial charge in [-0.1, -0.05) is 20.3 Å². The lowest BCUT2D eigenvalue weighted by atomic mass is 10.1. The van der Waals surface area contributed by atoms with E-state index >= 15 is 0 Å². The molecule has 2 nitrogen and oxygen atoms in total. The Morgan fingerprint density at radius 2 is 2.25 bits per heavy atom. The van der Waals surface area contributed by atoms with Crippen molar-refractivity contribution in [2.45, 2.75) is 39.7 Å². The Kier molecular flexibility index (Phi) is 6.03. The molecule has 16 heavy (non-hydrogen) atoms. The first-order valence-electron chi connectivity index (χ1n) is 6.04. The molecule has 92 valence electrons. The fourth-order valence-electron chi connectivity index (χ4n) is 1.82. The maximum absolute atomic E-state index is 5.92. The van der Waals surface area contributed by atoms with Crippen LogP contribution in [0.4, 0.5) is 0 Å². The lowest BCUT2D eigenvalue weighted by Crippen LogP contribution is -2.18. The molecule has 1 rings (SSSR count). The molecule has 2 N–H and O–H groups in total. The maximum atomic E-state index is 5.92. The number of thiophene rings is 1. The van der Waals surface area contributed by atoms with Crippen LogP contribution in [0.15, 0.2) is 11.4 Å². The van der Waals surface area contributed by atoms with E-state index < -0.39 is 0 Å². The predicted molar refractivity (Wildman–Crippen MR) is 70.9 cm³/mol. The summed E-state index contributed by atoms with van der Waals surface area (Å²) < 4.78 is 5.92. The molecule has 0 aliphatic heterocycles. The van der Waals surface area contributed by atoms with E-state index in [1.54, 1.807) is 11.3 Å². The van der Waals surface area contributed by atoms with Crippen LogP contribution in [0.2, 0.25) is 0 Å². The van der Waals surface area contributed by atoms with E-state index in [2.05, 4.69) is 32.2 Å². The van der Waals surface area contributed by atoms with Gasteiger partial charge in [-0.25, -0.2) is 0 Å². The first-order valence-corrected chi connectivity index (χ1v) is 6.92. The predicted octanol–water partition coefficient (Wildman–Crippen LogP) is 3.51. The molecule has 0 aliphatic rings. The number of nitrogens with two attached hydrogens (primary N) is 1. The van der Waals surface area contributed by atoms with Crippen molar-refractivity contribution in [2.24, 2.45) is 11.7 Å². The molecule has 1 heterocycles. The Balaban J connectivity index is 2.47. The molecule has 2 unspecified atom stereocenters. The van der Waals surface area contributed by atoms with E-state index in [0.717, 1.165) is 6.61 Å². The summed E-state index contributed by atoms with van der Waals surface area (Å²) in [6.07, 6.45) is 2.52. The van der Waals surface area contributed by atoms with Crippen molar-refractivity contribution < 1.29 is 4.74 Å². The molecule has 3 heteroatoms. The van der Waals surface area contributed by atoms with Gasteiger partial charge < -0.3 is 10.5 Å². The first-order chi connectivity index (χ1) is 7.69. The second kappa shape index (κ2) is 7.05. The number of aryl methyl sites for hydroxylation is 1. The average molecular weight is 241 g/mol. The number of ether oxygens (including phenoxy) is 1. The first kappa shape index (κ1) is 13.7. The van der Waals surface area contributed by atoms with Crippen LogP contribution in [0.3, 0.4) is 0 Å². The molecule has 1 aromatic heterocycles. The fraction of sp³-hybridized carbons (Fsp3) is 0.692. The second-order valence-electron chi connectivity index (χ2n) is 4.42. The minimum atomic E-state index is 0.0827. The molecule has 0 saturated heterocycles. The van der Waals surface area contributed by atoms with Crippen molar-refractivity contribution in [3.05, 3.63) is 21.9 Å². The van der Waals surface area contributed by atoms with Gasteiger partial charge in [-0.3, -0.25) is 0 Å². The molecule has 2 atom stereocenters. The van der Waals surface area contributed by atoms with E-state index in [-0.39, 0.29) is 6.10 Å². The Bertz CT molecular complexity index is 298. The van der Waals surface area contributed by atoms with Crippen molar-refractivity contribution in [3.8, 4) is 0 Å². The summed E-state index contributed by atoms with van der Waals surface area (Å²) in [5, 5.41) is 2.10. The molecule has 0 aromatic carbocycles. The molecule has 0 amide bonds. The Labute approximate surface area is 103 Å². The summed E-state index contributed by atoms with van der Waals surface area (Å²) in [5.74, 6) is 0.624. The summed E-state index contributed by atoms with van der Waals surface area (Å²) in [6, 6.07) is 2.13. The summed E-state index contributed by atoms with van der Waals surface area (Å²) >= 11 is 1.74. The lowest BCUT2D eigenvalue weighted by Gasteiger charge is -2.18. The number of hydrogen-bond acceptors (Lipinski definition) is 3. The molecular formula is C13H23NOS. The minimum Gasteiger partial charge on any atom is -0.371 e.